The van der Waals surface area contributed by atoms with Crippen LogP contribution in [0.1, 0.15) is 11.5 Å². The molecule has 78 valence electrons. The largest absolute Gasteiger partial charge is 0.432 e. The third-order valence-corrected chi connectivity index (χ3v) is 2.28. The number of imidazole rings is 1. The van der Waals surface area contributed by atoms with Crippen molar-refractivity contribution < 1.29 is 13.2 Å². The standard InChI is InChI=1S/C8H10F3N3/c9-8(10,11)6-4-13-7(14-6)1-5-2-12-3-5/h4-5,12H,1-3H2,(H,13,14). The molecule has 1 saturated heterocycles. The Labute approximate surface area is 78.7 Å². The highest BCUT2D eigenvalue weighted by Gasteiger charge is 2.33. The maximum atomic E-state index is 12.2. The third-order valence-electron chi connectivity index (χ3n) is 2.28. The first kappa shape index (κ1) is 9.51. The molecule has 6 heteroatoms. The summed E-state index contributed by atoms with van der Waals surface area (Å²) in [5.41, 5.74) is -0.764. The van der Waals surface area contributed by atoms with E-state index in [-0.39, 0.29) is 0 Å². The van der Waals surface area contributed by atoms with Crippen molar-refractivity contribution >= 4 is 0 Å². The molecule has 0 saturated carbocycles. The molecular formula is C8H10F3N3. The van der Waals surface area contributed by atoms with Gasteiger partial charge < -0.3 is 10.3 Å². The number of hydrogen-bond acceptors (Lipinski definition) is 2. The minimum Gasteiger partial charge on any atom is -0.338 e. The van der Waals surface area contributed by atoms with Gasteiger partial charge in [0, 0.05) is 6.42 Å². The molecule has 2 rings (SSSR count). The number of halogens is 3. The smallest absolute Gasteiger partial charge is 0.338 e. The zero-order chi connectivity index (χ0) is 10.2. The Morgan fingerprint density at radius 1 is 1.43 bits per heavy atom. The molecule has 2 heterocycles. The van der Waals surface area contributed by atoms with E-state index in [4.69, 9.17) is 0 Å². The monoisotopic (exact) mass is 205 g/mol. The van der Waals surface area contributed by atoms with Gasteiger partial charge in [-0.05, 0) is 19.0 Å². The fourth-order valence-corrected chi connectivity index (χ4v) is 1.38. The Bertz CT molecular complexity index is 314. The van der Waals surface area contributed by atoms with Crippen molar-refractivity contribution in [2.75, 3.05) is 13.1 Å². The number of hydrogen-bond donors (Lipinski definition) is 2. The van der Waals surface area contributed by atoms with Crippen molar-refractivity contribution in [2.45, 2.75) is 12.6 Å². The molecular weight excluding hydrogens is 195 g/mol. The third kappa shape index (κ3) is 1.89. The lowest BCUT2D eigenvalue weighted by Gasteiger charge is -2.25. The van der Waals surface area contributed by atoms with Crippen LogP contribution >= 0.6 is 0 Å². The van der Waals surface area contributed by atoms with Gasteiger partial charge in [0.05, 0.1) is 6.20 Å². The van der Waals surface area contributed by atoms with Crippen LogP contribution in [0.15, 0.2) is 6.20 Å². The number of aromatic amines is 1. The molecule has 1 aromatic rings. The second-order valence-corrected chi connectivity index (χ2v) is 3.47. The topological polar surface area (TPSA) is 40.7 Å². The van der Waals surface area contributed by atoms with Crippen LogP contribution in [0.2, 0.25) is 0 Å². The summed E-state index contributed by atoms with van der Waals surface area (Å²) < 4.78 is 36.5. The summed E-state index contributed by atoms with van der Waals surface area (Å²) in [4.78, 5) is 5.99. The number of aromatic nitrogens is 2. The van der Waals surface area contributed by atoms with Crippen molar-refractivity contribution in [3.63, 3.8) is 0 Å². The highest BCUT2D eigenvalue weighted by Crippen LogP contribution is 2.27. The molecule has 14 heavy (non-hydrogen) atoms. The minimum absolute atomic E-state index is 0.419. The van der Waals surface area contributed by atoms with Crippen molar-refractivity contribution in [3.8, 4) is 0 Å². The zero-order valence-electron chi connectivity index (χ0n) is 7.36. The minimum atomic E-state index is -4.32. The highest BCUT2D eigenvalue weighted by molar-refractivity contribution is 5.06. The van der Waals surface area contributed by atoms with E-state index >= 15 is 0 Å². The molecule has 0 aromatic carbocycles. The fourth-order valence-electron chi connectivity index (χ4n) is 1.38. The Hall–Kier alpha value is -1.04. The molecule has 0 amide bonds. The average Bonchev–Trinajstić information content (AvgIpc) is 2.43. The van der Waals surface area contributed by atoms with Crippen molar-refractivity contribution in [1.82, 2.24) is 15.3 Å². The van der Waals surface area contributed by atoms with E-state index < -0.39 is 11.9 Å². The lowest BCUT2D eigenvalue weighted by molar-refractivity contribution is -0.140. The summed E-state index contributed by atoms with van der Waals surface area (Å²) in [5, 5.41) is 3.05. The predicted octanol–water partition coefficient (Wildman–Crippen LogP) is 1.19. The first-order valence-electron chi connectivity index (χ1n) is 4.37. The van der Waals surface area contributed by atoms with Gasteiger partial charge in [-0.2, -0.15) is 13.2 Å². The van der Waals surface area contributed by atoms with Crippen LogP contribution in [-0.4, -0.2) is 23.1 Å². The number of nitrogens with zero attached hydrogens (tertiary/aromatic N) is 1. The van der Waals surface area contributed by atoms with Crippen LogP contribution in [0.25, 0.3) is 0 Å². The molecule has 0 radical (unpaired) electrons. The Kier molecular flexibility index (Phi) is 2.22. The molecule has 1 fully saturated rings. The summed E-state index contributed by atoms with van der Waals surface area (Å²) in [6.45, 7) is 1.73. The van der Waals surface area contributed by atoms with Crippen molar-refractivity contribution in [2.24, 2.45) is 5.92 Å². The summed E-state index contributed by atoms with van der Waals surface area (Å²) >= 11 is 0. The van der Waals surface area contributed by atoms with E-state index in [1.807, 2.05) is 0 Å². The second kappa shape index (κ2) is 3.27. The average molecular weight is 205 g/mol. The normalized spacial score (nSPS) is 18.2. The summed E-state index contributed by atoms with van der Waals surface area (Å²) in [6, 6.07) is 0. The quantitative estimate of drug-likeness (QED) is 0.761. The van der Waals surface area contributed by atoms with E-state index in [2.05, 4.69) is 15.3 Å². The van der Waals surface area contributed by atoms with Crippen LogP contribution in [0.4, 0.5) is 13.2 Å². The molecule has 0 unspecified atom stereocenters. The SMILES string of the molecule is FC(F)(F)c1cnc(CC2CNC2)[nH]1. The first-order valence-corrected chi connectivity index (χ1v) is 4.37. The molecule has 0 atom stereocenters. The summed E-state index contributed by atoms with van der Waals surface area (Å²) in [6.07, 6.45) is -2.88. The Balaban J connectivity index is 2.02. The maximum absolute atomic E-state index is 12.2. The van der Waals surface area contributed by atoms with E-state index in [1.165, 1.54) is 0 Å². The Morgan fingerprint density at radius 2 is 2.14 bits per heavy atom. The van der Waals surface area contributed by atoms with Gasteiger partial charge in [0.2, 0.25) is 0 Å². The lowest BCUT2D eigenvalue weighted by Crippen LogP contribution is -2.43. The van der Waals surface area contributed by atoms with Crippen LogP contribution in [-0.2, 0) is 12.6 Å². The van der Waals surface area contributed by atoms with E-state index in [9.17, 15) is 13.2 Å². The fraction of sp³-hybridized carbons (Fsp3) is 0.625. The van der Waals surface area contributed by atoms with Gasteiger partial charge in [-0.25, -0.2) is 4.98 Å². The molecule has 0 spiro atoms. The molecule has 0 aliphatic carbocycles. The number of rotatable bonds is 2. The molecule has 1 aromatic heterocycles. The van der Waals surface area contributed by atoms with Gasteiger partial charge in [-0.1, -0.05) is 0 Å². The van der Waals surface area contributed by atoms with E-state index in [1.54, 1.807) is 0 Å². The maximum Gasteiger partial charge on any atom is 0.432 e. The molecule has 2 N–H and O–H groups in total. The van der Waals surface area contributed by atoms with Crippen LogP contribution < -0.4 is 5.32 Å². The van der Waals surface area contributed by atoms with Gasteiger partial charge in [0.1, 0.15) is 11.5 Å². The first-order chi connectivity index (χ1) is 6.55. The van der Waals surface area contributed by atoms with Crippen molar-refractivity contribution in [3.05, 3.63) is 17.7 Å². The number of nitrogens with one attached hydrogen (secondary N) is 2. The van der Waals surface area contributed by atoms with Gasteiger partial charge in [0.25, 0.3) is 0 Å². The Morgan fingerprint density at radius 3 is 2.57 bits per heavy atom. The predicted molar refractivity (Wildman–Crippen MR) is 43.7 cm³/mol. The molecule has 0 bridgehead atoms. The highest BCUT2D eigenvalue weighted by atomic mass is 19.4. The van der Waals surface area contributed by atoms with Crippen molar-refractivity contribution in [1.29, 1.82) is 0 Å². The second-order valence-electron chi connectivity index (χ2n) is 3.47. The van der Waals surface area contributed by atoms with Gasteiger partial charge in [0.15, 0.2) is 0 Å². The number of H-pyrrole nitrogens is 1. The van der Waals surface area contributed by atoms with Gasteiger partial charge >= 0.3 is 6.18 Å². The van der Waals surface area contributed by atoms with Gasteiger partial charge in [-0.3, -0.25) is 0 Å². The van der Waals surface area contributed by atoms with Crippen LogP contribution in [0, 0.1) is 5.92 Å². The number of alkyl halides is 3. The molecule has 1 aliphatic heterocycles. The zero-order valence-corrected chi connectivity index (χ0v) is 7.36. The van der Waals surface area contributed by atoms with Crippen LogP contribution in [0.5, 0.6) is 0 Å². The van der Waals surface area contributed by atoms with Crippen LogP contribution in [0.3, 0.4) is 0 Å². The molecule has 1 aliphatic rings. The summed E-state index contributed by atoms with van der Waals surface area (Å²) in [7, 11) is 0. The van der Waals surface area contributed by atoms with Gasteiger partial charge in [-0.15, -0.1) is 0 Å². The van der Waals surface area contributed by atoms with E-state index in [0.717, 1.165) is 19.3 Å². The lowest BCUT2D eigenvalue weighted by atomic mass is 9.99. The van der Waals surface area contributed by atoms with E-state index in [0.29, 0.717) is 18.2 Å². The molecule has 3 nitrogen and oxygen atoms in total. The summed E-state index contributed by atoms with van der Waals surface area (Å²) in [5.74, 6) is 0.839.